The highest BCUT2D eigenvalue weighted by atomic mass is 16.6. The number of carbonyl (C=O) groups excluding carboxylic acids is 1. The molecule has 0 N–H and O–H groups in total. The highest BCUT2D eigenvalue weighted by molar-refractivity contribution is 5.69. The Bertz CT molecular complexity index is 794. The van der Waals surface area contributed by atoms with Crippen molar-refractivity contribution >= 4 is 6.29 Å². The van der Waals surface area contributed by atoms with E-state index in [9.17, 15) is 4.79 Å². The van der Waals surface area contributed by atoms with E-state index in [1.165, 1.54) is 11.1 Å². The Morgan fingerprint density at radius 2 is 2.24 bits per heavy atom. The number of nitrogens with zero attached hydrogens (tertiary/aromatic N) is 1. The summed E-state index contributed by atoms with van der Waals surface area (Å²) < 4.78 is 18.1. The number of benzene rings is 1. The quantitative estimate of drug-likeness (QED) is 0.764. The van der Waals surface area contributed by atoms with E-state index in [2.05, 4.69) is 18.0 Å². The summed E-state index contributed by atoms with van der Waals surface area (Å²) in [4.78, 5) is 14.5. The van der Waals surface area contributed by atoms with Crippen LogP contribution in [0, 0.1) is 11.8 Å². The lowest BCUT2D eigenvalue weighted by molar-refractivity contribution is -0.263. The molecule has 5 aliphatic rings. The first-order valence-electron chi connectivity index (χ1n) is 9.32. The third-order valence-electron chi connectivity index (χ3n) is 7.91. The third-order valence-corrected chi connectivity index (χ3v) is 7.91. The number of likely N-dealkylation sites (N-methyl/N-ethyl adjacent to an activating group) is 1. The fraction of sp³-hybridized carbons (Fsp3) is 0.650. The van der Waals surface area contributed by atoms with E-state index in [1.807, 2.05) is 6.07 Å². The summed E-state index contributed by atoms with van der Waals surface area (Å²) in [6.07, 6.45) is 4.03. The van der Waals surface area contributed by atoms with Crippen LogP contribution < -0.4 is 9.47 Å². The average molecular weight is 341 g/mol. The van der Waals surface area contributed by atoms with Crippen LogP contribution in [0.25, 0.3) is 0 Å². The molecule has 1 aromatic carbocycles. The summed E-state index contributed by atoms with van der Waals surface area (Å²) in [5.41, 5.74) is 2.18. The molecule has 6 atom stereocenters. The fourth-order valence-corrected chi connectivity index (χ4v) is 6.71. The van der Waals surface area contributed by atoms with Gasteiger partial charge >= 0.3 is 0 Å². The number of carbonyl (C=O) groups is 1. The second kappa shape index (κ2) is 4.38. The topological polar surface area (TPSA) is 48.0 Å². The van der Waals surface area contributed by atoms with Gasteiger partial charge in [-0.2, -0.15) is 0 Å². The van der Waals surface area contributed by atoms with Crippen molar-refractivity contribution in [3.63, 3.8) is 0 Å². The van der Waals surface area contributed by atoms with Crippen LogP contribution >= 0.6 is 0 Å². The van der Waals surface area contributed by atoms with Crippen molar-refractivity contribution < 1.29 is 19.0 Å². The minimum atomic E-state index is -0.637. The predicted molar refractivity (Wildman–Crippen MR) is 90.2 cm³/mol. The van der Waals surface area contributed by atoms with Crippen LogP contribution in [0.3, 0.4) is 0 Å². The van der Waals surface area contributed by atoms with E-state index >= 15 is 0 Å². The molecule has 132 valence electrons. The monoisotopic (exact) mass is 341 g/mol. The molecule has 0 aromatic heterocycles. The molecule has 3 aliphatic heterocycles. The van der Waals surface area contributed by atoms with Crippen LogP contribution in [-0.4, -0.2) is 56.2 Å². The maximum Gasteiger partial charge on any atom is 0.165 e. The van der Waals surface area contributed by atoms with Gasteiger partial charge in [-0.05, 0) is 50.4 Å². The largest absolute Gasteiger partial charge is 0.493 e. The number of hydrogen-bond donors (Lipinski definition) is 0. The average Bonchev–Trinajstić information content (AvgIpc) is 2.93. The number of methoxy groups -OCH3 is 1. The van der Waals surface area contributed by atoms with Gasteiger partial charge in [-0.25, -0.2) is 0 Å². The van der Waals surface area contributed by atoms with Gasteiger partial charge in [0.2, 0.25) is 0 Å². The molecule has 5 nitrogen and oxygen atoms in total. The Morgan fingerprint density at radius 1 is 1.36 bits per heavy atom. The third kappa shape index (κ3) is 1.41. The van der Waals surface area contributed by atoms with Gasteiger partial charge in [-0.15, -0.1) is 0 Å². The highest BCUT2D eigenvalue weighted by Gasteiger charge is 2.73. The molecule has 3 fully saturated rings. The predicted octanol–water partition coefficient (Wildman–Crippen LogP) is 1.56. The Kier molecular flexibility index (Phi) is 2.55. The molecule has 6 rings (SSSR count). The summed E-state index contributed by atoms with van der Waals surface area (Å²) in [6.45, 7) is 1.71. The van der Waals surface area contributed by atoms with Gasteiger partial charge in [0, 0.05) is 17.0 Å². The van der Waals surface area contributed by atoms with Crippen molar-refractivity contribution in [2.24, 2.45) is 11.8 Å². The minimum Gasteiger partial charge on any atom is -0.493 e. The standard InChI is InChI=1S/C20H23NO4/c1-21-6-5-20-12-8-19(10-22)13(9-24-19)18(20)25-17-15(23-2)4-3-11(16(17)20)7-14(12)21/h3-4,10,12-14,18H,5-9H2,1-2H3/t12-,13-,14+,18-,19-,20-/m0/s1. The maximum absolute atomic E-state index is 12.0. The molecule has 5 heteroatoms. The van der Waals surface area contributed by atoms with Crippen LogP contribution in [0.15, 0.2) is 12.1 Å². The van der Waals surface area contributed by atoms with E-state index in [-0.39, 0.29) is 17.4 Å². The first-order chi connectivity index (χ1) is 12.1. The zero-order valence-electron chi connectivity index (χ0n) is 14.7. The number of likely N-dealkylation sites (tertiary alicyclic amines) is 1. The van der Waals surface area contributed by atoms with E-state index < -0.39 is 5.60 Å². The van der Waals surface area contributed by atoms with E-state index in [1.54, 1.807) is 7.11 Å². The smallest absolute Gasteiger partial charge is 0.165 e. The summed E-state index contributed by atoms with van der Waals surface area (Å²) in [7, 11) is 3.93. The van der Waals surface area contributed by atoms with Crippen LogP contribution in [0.4, 0.5) is 0 Å². The Morgan fingerprint density at radius 3 is 2.96 bits per heavy atom. The van der Waals surface area contributed by atoms with Crippen LogP contribution in [0.1, 0.15) is 24.0 Å². The first-order valence-corrected chi connectivity index (χ1v) is 9.32. The number of fused-ring (bicyclic) bond motifs is 2. The minimum absolute atomic E-state index is 0.0234. The van der Waals surface area contributed by atoms with Crippen LogP contribution in [-0.2, 0) is 21.4 Å². The SMILES string of the molecule is COc1ccc2c3c1O[C@H]1[C@@H]4CO[C@]4(C=O)C[C@H]4[C@@H](C2)N(C)CC[C@@]341. The van der Waals surface area contributed by atoms with Gasteiger partial charge in [-0.1, -0.05) is 6.07 Å². The summed E-state index contributed by atoms with van der Waals surface area (Å²) in [5, 5.41) is 0. The number of rotatable bonds is 2. The van der Waals surface area contributed by atoms with Crippen LogP contribution in [0.5, 0.6) is 11.5 Å². The van der Waals surface area contributed by atoms with Gasteiger partial charge in [0.15, 0.2) is 17.8 Å². The lowest BCUT2D eigenvalue weighted by Gasteiger charge is -2.65. The molecule has 1 saturated carbocycles. The molecule has 2 saturated heterocycles. The number of ether oxygens (including phenoxy) is 3. The Hall–Kier alpha value is -1.59. The zero-order chi connectivity index (χ0) is 17.0. The second-order valence-corrected chi connectivity index (χ2v) is 8.51. The van der Waals surface area contributed by atoms with Crippen molar-refractivity contribution in [2.75, 3.05) is 27.3 Å². The molecule has 2 aliphatic carbocycles. The summed E-state index contributed by atoms with van der Waals surface area (Å²) in [6, 6.07) is 4.73. The molecule has 0 unspecified atom stereocenters. The van der Waals surface area contributed by atoms with Gasteiger partial charge < -0.3 is 23.9 Å². The molecule has 3 heterocycles. The van der Waals surface area contributed by atoms with Crippen molar-refractivity contribution in [1.29, 1.82) is 0 Å². The summed E-state index contributed by atoms with van der Waals surface area (Å²) >= 11 is 0. The van der Waals surface area contributed by atoms with Gasteiger partial charge in [0.25, 0.3) is 0 Å². The van der Waals surface area contributed by atoms with Crippen molar-refractivity contribution in [2.45, 2.75) is 42.4 Å². The molecule has 1 spiro atoms. The van der Waals surface area contributed by atoms with Gasteiger partial charge in [0.05, 0.1) is 19.6 Å². The summed E-state index contributed by atoms with van der Waals surface area (Å²) in [5.74, 6) is 2.33. The van der Waals surface area contributed by atoms with Gasteiger partial charge in [0.1, 0.15) is 11.7 Å². The van der Waals surface area contributed by atoms with Crippen LogP contribution in [0.2, 0.25) is 0 Å². The first kappa shape index (κ1) is 14.6. The second-order valence-electron chi connectivity index (χ2n) is 8.51. The number of piperidine rings is 1. The van der Waals surface area contributed by atoms with E-state index in [0.29, 0.717) is 18.6 Å². The van der Waals surface area contributed by atoms with Crippen molar-refractivity contribution in [3.8, 4) is 11.5 Å². The highest BCUT2D eigenvalue weighted by Crippen LogP contribution is 2.68. The molecule has 0 amide bonds. The van der Waals surface area contributed by atoms with E-state index in [4.69, 9.17) is 14.2 Å². The molecular formula is C20H23NO4. The normalized spacial score (nSPS) is 45.7. The van der Waals surface area contributed by atoms with Crippen molar-refractivity contribution in [1.82, 2.24) is 4.90 Å². The number of aldehydes is 1. The number of hydrogen-bond acceptors (Lipinski definition) is 5. The van der Waals surface area contributed by atoms with Gasteiger partial charge in [-0.3, -0.25) is 0 Å². The lowest BCUT2D eigenvalue weighted by Crippen LogP contribution is -2.75. The lowest BCUT2D eigenvalue weighted by atomic mass is 9.46. The van der Waals surface area contributed by atoms with E-state index in [0.717, 1.165) is 43.6 Å². The zero-order valence-corrected chi connectivity index (χ0v) is 14.7. The molecule has 2 bridgehead atoms. The van der Waals surface area contributed by atoms with Crippen molar-refractivity contribution in [3.05, 3.63) is 23.3 Å². The Labute approximate surface area is 147 Å². The molecular weight excluding hydrogens is 318 g/mol. The molecule has 1 aromatic rings. The fourth-order valence-electron chi connectivity index (χ4n) is 6.71. The maximum atomic E-state index is 12.0. The Balaban J connectivity index is 1.63. The molecule has 25 heavy (non-hydrogen) atoms. The molecule has 0 radical (unpaired) electrons.